The predicted octanol–water partition coefficient (Wildman–Crippen LogP) is 2.10. The number of hydrogen-bond donors (Lipinski definition) is 3. The molecule has 0 spiro atoms. The van der Waals surface area contributed by atoms with Crippen molar-refractivity contribution in [1.29, 1.82) is 0 Å². The number of rotatable bonds is 7. The molecule has 1 heterocycles. The maximum atomic E-state index is 12.1. The zero-order chi connectivity index (χ0) is 20.6. The second-order valence-electron chi connectivity index (χ2n) is 6.55. The minimum absolute atomic E-state index is 0.0887. The topological polar surface area (TPSA) is 106 Å². The molecule has 0 bridgehead atoms. The van der Waals surface area contributed by atoms with E-state index in [0.717, 1.165) is 17.7 Å². The van der Waals surface area contributed by atoms with Gasteiger partial charge in [0, 0.05) is 24.2 Å². The minimum atomic E-state index is -0.386. The van der Waals surface area contributed by atoms with E-state index in [-0.39, 0.29) is 37.0 Å². The zero-order valence-electron chi connectivity index (χ0n) is 16.1. The molecule has 1 atom stereocenters. The van der Waals surface area contributed by atoms with E-state index in [0.29, 0.717) is 17.8 Å². The number of urea groups is 1. The quantitative estimate of drug-likeness (QED) is 0.621. The van der Waals surface area contributed by atoms with Crippen molar-refractivity contribution in [2.45, 2.75) is 18.9 Å². The van der Waals surface area contributed by atoms with Gasteiger partial charge in [-0.1, -0.05) is 18.2 Å². The Morgan fingerprint density at radius 1 is 1.07 bits per heavy atom. The number of carbonyl (C=O) groups is 3. The summed E-state index contributed by atoms with van der Waals surface area (Å²) in [6.45, 7) is 0.586. The molecule has 0 aromatic heterocycles. The lowest BCUT2D eigenvalue weighted by Crippen LogP contribution is -2.37. The van der Waals surface area contributed by atoms with Crippen LogP contribution >= 0.6 is 0 Å². The molecule has 3 N–H and O–H groups in total. The highest BCUT2D eigenvalue weighted by molar-refractivity contribution is 5.95. The number of esters is 1. The van der Waals surface area contributed by atoms with Crippen molar-refractivity contribution in [1.82, 2.24) is 10.6 Å². The molecular formula is C21H23N3O5. The Bertz CT molecular complexity index is 857. The van der Waals surface area contributed by atoms with Gasteiger partial charge in [-0.2, -0.15) is 0 Å². The van der Waals surface area contributed by atoms with E-state index in [2.05, 4.69) is 20.7 Å². The third-order valence-corrected chi connectivity index (χ3v) is 4.45. The summed E-state index contributed by atoms with van der Waals surface area (Å²) < 4.78 is 10.3. The molecule has 8 nitrogen and oxygen atoms in total. The summed E-state index contributed by atoms with van der Waals surface area (Å²) in [6, 6.07) is 13.9. The summed E-state index contributed by atoms with van der Waals surface area (Å²) in [7, 11) is 1.30. The summed E-state index contributed by atoms with van der Waals surface area (Å²) in [5.41, 5.74) is 2.13. The molecule has 0 saturated carbocycles. The Balaban J connectivity index is 1.40. The first-order valence-electron chi connectivity index (χ1n) is 9.29. The highest BCUT2D eigenvalue weighted by atomic mass is 16.5. The lowest BCUT2D eigenvalue weighted by molar-refractivity contribution is -0.140. The Morgan fingerprint density at radius 3 is 2.55 bits per heavy atom. The van der Waals surface area contributed by atoms with Gasteiger partial charge in [-0.25, -0.2) is 4.79 Å². The molecule has 152 valence electrons. The fraction of sp³-hybridized carbons (Fsp3) is 0.286. The van der Waals surface area contributed by atoms with Crippen molar-refractivity contribution < 1.29 is 23.9 Å². The summed E-state index contributed by atoms with van der Waals surface area (Å²) >= 11 is 0. The van der Waals surface area contributed by atoms with Crippen LogP contribution in [0.25, 0.3) is 0 Å². The first-order valence-corrected chi connectivity index (χ1v) is 9.29. The van der Waals surface area contributed by atoms with Crippen LogP contribution in [0.3, 0.4) is 0 Å². The lowest BCUT2D eigenvalue weighted by Gasteiger charge is -2.13. The summed E-state index contributed by atoms with van der Waals surface area (Å²) in [5, 5.41) is 8.14. The van der Waals surface area contributed by atoms with Gasteiger partial charge >= 0.3 is 12.0 Å². The first kappa shape index (κ1) is 20.2. The Morgan fingerprint density at radius 2 is 1.83 bits per heavy atom. The molecule has 0 saturated heterocycles. The highest BCUT2D eigenvalue weighted by Gasteiger charge is 2.22. The molecule has 0 fully saturated rings. The molecule has 2 aromatic carbocycles. The van der Waals surface area contributed by atoms with Crippen molar-refractivity contribution in [3.63, 3.8) is 0 Å². The second kappa shape index (κ2) is 9.59. The molecule has 0 radical (unpaired) electrons. The van der Waals surface area contributed by atoms with Gasteiger partial charge in [0.25, 0.3) is 5.91 Å². The number of fused-ring (bicyclic) bond motifs is 1. The van der Waals surface area contributed by atoms with E-state index in [4.69, 9.17) is 4.74 Å². The van der Waals surface area contributed by atoms with Gasteiger partial charge in [-0.3, -0.25) is 9.59 Å². The Kier molecular flexibility index (Phi) is 6.67. The lowest BCUT2D eigenvalue weighted by atomic mass is 10.1. The maximum absolute atomic E-state index is 12.1. The normalized spacial score (nSPS) is 14.3. The van der Waals surface area contributed by atoms with Crippen molar-refractivity contribution in [2.24, 2.45) is 0 Å². The van der Waals surface area contributed by atoms with Gasteiger partial charge in [0.1, 0.15) is 11.9 Å². The monoisotopic (exact) mass is 397 g/mol. The second-order valence-corrected chi connectivity index (χ2v) is 6.55. The van der Waals surface area contributed by atoms with Crippen LogP contribution in [-0.4, -0.2) is 44.2 Å². The fourth-order valence-electron chi connectivity index (χ4n) is 2.94. The third kappa shape index (κ3) is 5.71. The SMILES string of the molecule is COC(=O)CCNC(=O)c1ccc(NC(=O)NCC2Cc3ccccc3O2)cc1. The molecule has 8 heteroatoms. The van der Waals surface area contributed by atoms with E-state index in [1.54, 1.807) is 24.3 Å². The number of anilines is 1. The van der Waals surface area contributed by atoms with Crippen LogP contribution in [0, 0.1) is 0 Å². The molecule has 2 aromatic rings. The van der Waals surface area contributed by atoms with Crippen LogP contribution in [0.4, 0.5) is 10.5 Å². The van der Waals surface area contributed by atoms with Gasteiger partial charge in [0.2, 0.25) is 0 Å². The third-order valence-electron chi connectivity index (χ3n) is 4.45. The van der Waals surface area contributed by atoms with Crippen LogP contribution in [0.15, 0.2) is 48.5 Å². The van der Waals surface area contributed by atoms with Gasteiger partial charge in [-0.05, 0) is 35.9 Å². The number of benzene rings is 2. The van der Waals surface area contributed by atoms with E-state index in [9.17, 15) is 14.4 Å². The van der Waals surface area contributed by atoms with Crippen LogP contribution in [0.1, 0.15) is 22.3 Å². The van der Waals surface area contributed by atoms with Gasteiger partial charge in [0.05, 0.1) is 20.1 Å². The summed E-state index contributed by atoms with van der Waals surface area (Å²) in [4.78, 5) is 35.2. The Hall–Kier alpha value is -3.55. The number of para-hydroxylation sites is 1. The number of amides is 3. The van der Waals surface area contributed by atoms with Crippen LogP contribution in [-0.2, 0) is 16.0 Å². The molecule has 3 amide bonds. The van der Waals surface area contributed by atoms with Crippen molar-refractivity contribution in [3.05, 3.63) is 59.7 Å². The largest absolute Gasteiger partial charge is 0.488 e. The van der Waals surface area contributed by atoms with Gasteiger partial charge < -0.3 is 25.4 Å². The van der Waals surface area contributed by atoms with Crippen molar-refractivity contribution in [3.8, 4) is 5.75 Å². The van der Waals surface area contributed by atoms with E-state index < -0.39 is 0 Å². The number of hydrogen-bond acceptors (Lipinski definition) is 5. The first-order chi connectivity index (χ1) is 14.0. The van der Waals surface area contributed by atoms with E-state index in [1.165, 1.54) is 7.11 Å². The molecule has 1 aliphatic rings. The van der Waals surface area contributed by atoms with E-state index >= 15 is 0 Å². The van der Waals surface area contributed by atoms with Crippen LogP contribution < -0.4 is 20.7 Å². The number of ether oxygens (including phenoxy) is 2. The molecule has 29 heavy (non-hydrogen) atoms. The Labute approximate surface area is 168 Å². The fourth-order valence-corrected chi connectivity index (χ4v) is 2.94. The van der Waals surface area contributed by atoms with Gasteiger partial charge in [-0.15, -0.1) is 0 Å². The average Bonchev–Trinajstić information content (AvgIpc) is 3.15. The molecule has 3 rings (SSSR count). The molecule has 0 aliphatic carbocycles. The number of nitrogens with one attached hydrogen (secondary N) is 3. The molecule has 1 unspecified atom stereocenters. The average molecular weight is 397 g/mol. The smallest absolute Gasteiger partial charge is 0.319 e. The van der Waals surface area contributed by atoms with Crippen molar-refractivity contribution >= 4 is 23.6 Å². The molecular weight excluding hydrogens is 374 g/mol. The standard InChI is InChI=1S/C21H23N3O5/c1-28-19(25)10-11-22-20(26)14-6-8-16(9-7-14)24-21(27)23-13-17-12-15-4-2-3-5-18(15)29-17/h2-9,17H,10-13H2,1H3,(H,22,26)(H2,23,24,27). The van der Waals surface area contributed by atoms with Crippen molar-refractivity contribution in [2.75, 3.05) is 25.5 Å². The number of carbonyl (C=O) groups excluding carboxylic acids is 3. The summed E-state index contributed by atoms with van der Waals surface area (Å²) in [5.74, 6) is 0.172. The van der Waals surface area contributed by atoms with E-state index in [1.807, 2.05) is 24.3 Å². The van der Waals surface area contributed by atoms with Crippen LogP contribution in [0.2, 0.25) is 0 Å². The minimum Gasteiger partial charge on any atom is -0.488 e. The van der Waals surface area contributed by atoms with Gasteiger partial charge in [0.15, 0.2) is 0 Å². The highest BCUT2D eigenvalue weighted by Crippen LogP contribution is 2.27. The summed E-state index contributed by atoms with van der Waals surface area (Å²) in [6.07, 6.45) is 0.780. The van der Waals surface area contributed by atoms with Crippen LogP contribution in [0.5, 0.6) is 5.75 Å². The molecule has 1 aliphatic heterocycles. The maximum Gasteiger partial charge on any atom is 0.319 e. The number of methoxy groups -OCH3 is 1. The zero-order valence-corrected chi connectivity index (χ0v) is 16.1. The predicted molar refractivity (Wildman–Crippen MR) is 107 cm³/mol.